The monoisotopic (exact) mass is 407 g/mol. The molecule has 4 N–H and O–H groups in total. The predicted octanol–water partition coefficient (Wildman–Crippen LogP) is 2.45. The SMILES string of the molecule is Cc1cc(C)cc(C[C@H](NC(=O)c2c(C)noc2-c2ccccc2)C(O)C(N)=O)c1. The Morgan fingerprint density at radius 1 is 1.10 bits per heavy atom. The number of aliphatic hydroxyl groups excluding tert-OH is 1. The molecule has 2 amide bonds. The molecule has 7 heteroatoms. The molecule has 7 nitrogen and oxygen atoms in total. The molecule has 0 fully saturated rings. The predicted molar refractivity (Wildman–Crippen MR) is 113 cm³/mol. The zero-order chi connectivity index (χ0) is 21.8. The molecule has 3 rings (SSSR count). The largest absolute Gasteiger partial charge is 0.381 e. The topological polar surface area (TPSA) is 118 Å². The molecule has 0 aliphatic heterocycles. The molecule has 1 heterocycles. The summed E-state index contributed by atoms with van der Waals surface area (Å²) in [5, 5.41) is 17.0. The fourth-order valence-corrected chi connectivity index (χ4v) is 3.54. The maximum atomic E-state index is 13.1. The Morgan fingerprint density at radius 3 is 2.33 bits per heavy atom. The van der Waals surface area contributed by atoms with Crippen molar-refractivity contribution < 1.29 is 19.2 Å². The van der Waals surface area contributed by atoms with E-state index in [1.165, 1.54) is 0 Å². The number of aromatic nitrogens is 1. The van der Waals surface area contributed by atoms with Crippen molar-refractivity contribution in [1.82, 2.24) is 10.5 Å². The lowest BCUT2D eigenvalue weighted by molar-refractivity contribution is -0.127. The number of nitrogens with zero attached hydrogens (tertiary/aromatic N) is 1. The number of benzene rings is 2. The van der Waals surface area contributed by atoms with Gasteiger partial charge in [0.05, 0.1) is 11.7 Å². The second-order valence-corrected chi connectivity index (χ2v) is 7.47. The van der Waals surface area contributed by atoms with Gasteiger partial charge in [0, 0.05) is 5.56 Å². The molecule has 1 aromatic heterocycles. The molecule has 30 heavy (non-hydrogen) atoms. The normalized spacial score (nSPS) is 12.9. The van der Waals surface area contributed by atoms with Crippen molar-refractivity contribution in [3.05, 3.63) is 76.5 Å². The van der Waals surface area contributed by atoms with Gasteiger partial charge in [-0.2, -0.15) is 0 Å². The summed E-state index contributed by atoms with van der Waals surface area (Å²) < 4.78 is 5.38. The van der Waals surface area contributed by atoms with Gasteiger partial charge in [-0.1, -0.05) is 64.8 Å². The number of primary amides is 1. The first kappa shape index (κ1) is 21.3. The molecule has 156 valence electrons. The van der Waals surface area contributed by atoms with Crippen LogP contribution in [0.1, 0.15) is 32.7 Å². The number of nitrogens with two attached hydrogens (primary N) is 1. The molecule has 2 aromatic carbocycles. The van der Waals surface area contributed by atoms with Crippen molar-refractivity contribution in [3.8, 4) is 11.3 Å². The Hall–Kier alpha value is -3.45. The molecule has 0 aliphatic rings. The van der Waals surface area contributed by atoms with Crippen molar-refractivity contribution >= 4 is 11.8 Å². The number of amides is 2. The third-order valence-corrected chi connectivity index (χ3v) is 4.85. The van der Waals surface area contributed by atoms with E-state index in [9.17, 15) is 14.7 Å². The lowest BCUT2D eigenvalue weighted by Crippen LogP contribution is -2.50. The second kappa shape index (κ2) is 8.92. The van der Waals surface area contributed by atoms with E-state index >= 15 is 0 Å². The Morgan fingerprint density at radius 2 is 1.73 bits per heavy atom. The van der Waals surface area contributed by atoms with Gasteiger partial charge >= 0.3 is 0 Å². The van der Waals surface area contributed by atoms with Gasteiger partial charge in [0.1, 0.15) is 5.56 Å². The molecule has 0 spiro atoms. The highest BCUT2D eigenvalue weighted by Crippen LogP contribution is 2.26. The van der Waals surface area contributed by atoms with Gasteiger partial charge in [-0.05, 0) is 32.8 Å². The van der Waals surface area contributed by atoms with Crippen LogP contribution in [0.25, 0.3) is 11.3 Å². The summed E-state index contributed by atoms with van der Waals surface area (Å²) in [4.78, 5) is 24.8. The van der Waals surface area contributed by atoms with E-state index in [0.29, 0.717) is 17.0 Å². The van der Waals surface area contributed by atoms with Gasteiger partial charge in [-0.15, -0.1) is 0 Å². The highest BCUT2D eigenvalue weighted by Gasteiger charge is 2.29. The summed E-state index contributed by atoms with van der Waals surface area (Å²) in [5.41, 5.74) is 9.65. The van der Waals surface area contributed by atoms with Gasteiger partial charge in [-0.3, -0.25) is 9.59 Å². The first-order chi connectivity index (χ1) is 14.3. The number of hydrogen-bond acceptors (Lipinski definition) is 5. The molecule has 0 saturated heterocycles. The van der Waals surface area contributed by atoms with Crippen LogP contribution in [0.4, 0.5) is 0 Å². The molecule has 0 saturated carbocycles. The summed E-state index contributed by atoms with van der Waals surface area (Å²) in [5.74, 6) is -1.08. The van der Waals surface area contributed by atoms with Crippen LogP contribution < -0.4 is 11.1 Å². The zero-order valence-electron chi connectivity index (χ0n) is 17.2. The smallest absolute Gasteiger partial charge is 0.257 e. The van der Waals surface area contributed by atoms with Gasteiger partial charge in [-0.25, -0.2) is 0 Å². The van der Waals surface area contributed by atoms with Crippen molar-refractivity contribution in [2.45, 2.75) is 39.3 Å². The van der Waals surface area contributed by atoms with Crippen molar-refractivity contribution in [3.63, 3.8) is 0 Å². The van der Waals surface area contributed by atoms with Crippen LogP contribution in [0.15, 0.2) is 53.1 Å². The molecule has 3 aromatic rings. The molecule has 0 bridgehead atoms. The van der Waals surface area contributed by atoms with E-state index < -0.39 is 24.0 Å². The highest BCUT2D eigenvalue weighted by molar-refractivity contribution is 6.01. The van der Waals surface area contributed by atoms with Crippen LogP contribution >= 0.6 is 0 Å². The Labute approximate surface area is 174 Å². The number of carbonyl (C=O) groups is 2. The Kier molecular flexibility index (Phi) is 6.32. The summed E-state index contributed by atoms with van der Waals surface area (Å²) in [6.07, 6.45) is -1.31. The van der Waals surface area contributed by atoms with Gasteiger partial charge in [0.15, 0.2) is 11.9 Å². The lowest BCUT2D eigenvalue weighted by atomic mass is 9.97. The minimum Gasteiger partial charge on any atom is -0.381 e. The first-order valence-corrected chi connectivity index (χ1v) is 9.63. The summed E-state index contributed by atoms with van der Waals surface area (Å²) in [6, 6.07) is 14.1. The van der Waals surface area contributed by atoms with Crippen molar-refractivity contribution in [1.29, 1.82) is 0 Å². The van der Waals surface area contributed by atoms with Crippen LogP contribution in [0.5, 0.6) is 0 Å². The van der Waals surface area contributed by atoms with Crippen molar-refractivity contribution in [2.24, 2.45) is 5.73 Å². The number of hydrogen-bond donors (Lipinski definition) is 3. The van der Waals surface area contributed by atoms with E-state index in [1.807, 2.05) is 62.4 Å². The van der Waals surface area contributed by atoms with E-state index in [4.69, 9.17) is 10.3 Å². The summed E-state index contributed by atoms with van der Waals surface area (Å²) in [6.45, 7) is 5.58. The molecule has 0 aliphatic carbocycles. The van der Waals surface area contributed by atoms with E-state index in [1.54, 1.807) is 6.92 Å². The molecule has 1 unspecified atom stereocenters. The second-order valence-electron chi connectivity index (χ2n) is 7.47. The fourth-order valence-electron chi connectivity index (χ4n) is 3.54. The van der Waals surface area contributed by atoms with E-state index in [-0.39, 0.29) is 12.0 Å². The number of nitrogens with one attached hydrogen (secondary N) is 1. The number of carbonyl (C=O) groups excluding carboxylic acids is 2. The maximum absolute atomic E-state index is 13.1. The maximum Gasteiger partial charge on any atom is 0.257 e. The lowest BCUT2D eigenvalue weighted by Gasteiger charge is -2.22. The van der Waals surface area contributed by atoms with Gasteiger partial charge < -0.3 is 20.7 Å². The zero-order valence-corrected chi connectivity index (χ0v) is 17.2. The molecule has 0 radical (unpaired) electrons. The molecular weight excluding hydrogens is 382 g/mol. The quantitative estimate of drug-likeness (QED) is 0.556. The number of rotatable bonds is 7. The third-order valence-electron chi connectivity index (χ3n) is 4.85. The summed E-state index contributed by atoms with van der Waals surface area (Å²) >= 11 is 0. The van der Waals surface area contributed by atoms with E-state index in [2.05, 4.69) is 10.5 Å². The van der Waals surface area contributed by atoms with Crippen LogP contribution in [0.3, 0.4) is 0 Å². The standard InChI is InChI=1S/C23H25N3O4/c1-13-9-14(2)11-16(10-13)12-18(20(27)22(24)28)25-23(29)19-15(3)26-30-21(19)17-7-5-4-6-8-17/h4-11,18,20,27H,12H2,1-3H3,(H2,24,28)(H,25,29)/t18-,20?/m0/s1. The van der Waals surface area contributed by atoms with Crippen LogP contribution in [-0.2, 0) is 11.2 Å². The summed E-state index contributed by atoms with van der Waals surface area (Å²) in [7, 11) is 0. The number of aliphatic hydroxyl groups is 1. The third kappa shape index (κ3) is 4.75. The van der Waals surface area contributed by atoms with Gasteiger partial charge in [0.2, 0.25) is 5.91 Å². The van der Waals surface area contributed by atoms with Gasteiger partial charge in [0.25, 0.3) is 5.91 Å². The minimum absolute atomic E-state index is 0.239. The van der Waals surface area contributed by atoms with Crippen LogP contribution in [-0.4, -0.2) is 34.2 Å². The Balaban J connectivity index is 1.91. The minimum atomic E-state index is -1.55. The highest BCUT2D eigenvalue weighted by atomic mass is 16.5. The average Bonchev–Trinajstić information content (AvgIpc) is 3.08. The van der Waals surface area contributed by atoms with Crippen molar-refractivity contribution in [2.75, 3.05) is 0 Å². The average molecular weight is 407 g/mol. The fraction of sp³-hybridized carbons (Fsp3) is 0.261. The Bertz CT molecular complexity index is 1040. The van der Waals surface area contributed by atoms with Crippen LogP contribution in [0, 0.1) is 20.8 Å². The molecular formula is C23H25N3O4. The van der Waals surface area contributed by atoms with E-state index in [0.717, 1.165) is 16.7 Å². The molecule has 2 atom stereocenters. The number of aryl methyl sites for hydroxylation is 3. The van der Waals surface area contributed by atoms with Crippen LogP contribution in [0.2, 0.25) is 0 Å². The first-order valence-electron chi connectivity index (χ1n) is 9.63.